The molecule has 0 bridgehead atoms. The number of urea groups is 1. The summed E-state index contributed by atoms with van der Waals surface area (Å²) in [5.74, 6) is 1.13. The summed E-state index contributed by atoms with van der Waals surface area (Å²) in [6.45, 7) is 3.58. The first-order valence-corrected chi connectivity index (χ1v) is 11.2. The van der Waals surface area contributed by atoms with Crippen LogP contribution >= 0.6 is 0 Å². The number of aliphatic hydroxyl groups excluding tert-OH is 1. The lowest BCUT2D eigenvalue weighted by Gasteiger charge is -2.31. The molecule has 1 aliphatic heterocycles. The Morgan fingerprint density at radius 1 is 1.15 bits per heavy atom. The highest BCUT2D eigenvalue weighted by atomic mass is 16.5. The summed E-state index contributed by atoms with van der Waals surface area (Å²) in [6, 6.07) is 11.3. The number of hydrogen-bond acceptors (Lipinski definition) is 6. The van der Waals surface area contributed by atoms with E-state index in [1.54, 1.807) is 21.3 Å². The van der Waals surface area contributed by atoms with Gasteiger partial charge in [-0.05, 0) is 56.0 Å². The summed E-state index contributed by atoms with van der Waals surface area (Å²) in [5, 5.41) is 24.1. The van der Waals surface area contributed by atoms with Crippen molar-refractivity contribution in [2.45, 2.75) is 38.3 Å². The van der Waals surface area contributed by atoms with Gasteiger partial charge in [0.25, 0.3) is 0 Å². The van der Waals surface area contributed by atoms with Crippen LogP contribution in [0.3, 0.4) is 0 Å². The molecule has 2 aromatic rings. The third-order valence-corrected chi connectivity index (χ3v) is 5.99. The number of piperidine rings is 1. The highest BCUT2D eigenvalue weighted by Gasteiger charge is 2.20. The first-order chi connectivity index (χ1) is 15.9. The van der Waals surface area contributed by atoms with Crippen LogP contribution in [0.15, 0.2) is 36.4 Å². The molecule has 2 aromatic carbocycles. The van der Waals surface area contributed by atoms with E-state index in [4.69, 9.17) is 14.9 Å². The quantitative estimate of drug-likeness (QED) is 0.459. The van der Waals surface area contributed by atoms with Crippen LogP contribution in [0.1, 0.15) is 36.5 Å². The topological polar surface area (TPSA) is 107 Å². The van der Waals surface area contributed by atoms with Gasteiger partial charge in [0.15, 0.2) is 11.5 Å². The minimum atomic E-state index is -0.250. The average Bonchev–Trinajstić information content (AvgIpc) is 2.83. The lowest BCUT2D eigenvalue weighted by Crippen LogP contribution is -2.40. The number of carbonyl (C=O) groups excluding carboxylic acids is 1. The van der Waals surface area contributed by atoms with Crippen molar-refractivity contribution in [3.8, 4) is 11.5 Å². The monoisotopic (exact) mass is 454 g/mol. The van der Waals surface area contributed by atoms with Gasteiger partial charge < -0.3 is 30.1 Å². The zero-order valence-corrected chi connectivity index (χ0v) is 19.8. The molecule has 0 aliphatic carbocycles. The molecule has 1 unspecified atom stereocenters. The molecule has 0 aromatic heterocycles. The molecule has 1 fully saturated rings. The van der Waals surface area contributed by atoms with E-state index >= 15 is 0 Å². The van der Waals surface area contributed by atoms with Crippen LogP contribution in [0.4, 0.5) is 10.5 Å². The molecule has 8 heteroatoms. The van der Waals surface area contributed by atoms with Gasteiger partial charge in [0.2, 0.25) is 0 Å². The van der Waals surface area contributed by atoms with E-state index in [0.717, 1.165) is 48.3 Å². The highest BCUT2D eigenvalue weighted by Crippen LogP contribution is 2.33. The largest absolute Gasteiger partial charge is 0.493 e. The molecule has 0 radical (unpaired) electrons. The third kappa shape index (κ3) is 5.96. The Bertz CT molecular complexity index is 969. The molecule has 1 atom stereocenters. The number of methoxy groups -OCH3 is 2. The van der Waals surface area contributed by atoms with E-state index in [1.165, 1.54) is 0 Å². The van der Waals surface area contributed by atoms with Crippen LogP contribution in [0, 0.1) is 5.41 Å². The molecule has 8 nitrogen and oxygen atoms in total. The van der Waals surface area contributed by atoms with Gasteiger partial charge >= 0.3 is 6.03 Å². The Morgan fingerprint density at radius 3 is 2.33 bits per heavy atom. The number of hydrogen-bond donors (Lipinski definition) is 4. The Morgan fingerprint density at radius 2 is 1.76 bits per heavy atom. The number of rotatable bonds is 8. The Hall–Kier alpha value is -3.26. The van der Waals surface area contributed by atoms with Crippen molar-refractivity contribution < 1.29 is 19.4 Å². The van der Waals surface area contributed by atoms with Gasteiger partial charge in [-0.1, -0.05) is 12.1 Å². The minimum absolute atomic E-state index is 0.147. The molecule has 0 saturated carbocycles. The summed E-state index contributed by atoms with van der Waals surface area (Å²) in [7, 11) is 4.73. The third-order valence-electron chi connectivity index (χ3n) is 5.99. The van der Waals surface area contributed by atoms with Crippen molar-refractivity contribution in [1.29, 1.82) is 5.41 Å². The van der Waals surface area contributed by atoms with Gasteiger partial charge in [0.05, 0.1) is 26.0 Å². The van der Waals surface area contributed by atoms with Gasteiger partial charge in [-0.2, -0.15) is 0 Å². The zero-order chi connectivity index (χ0) is 24.0. The van der Waals surface area contributed by atoms with Crippen LogP contribution in [0.2, 0.25) is 0 Å². The molecule has 1 aliphatic rings. The number of ether oxygens (including phenoxy) is 2. The van der Waals surface area contributed by atoms with Crippen molar-refractivity contribution in [2.75, 3.05) is 39.3 Å². The molecule has 33 heavy (non-hydrogen) atoms. The van der Waals surface area contributed by atoms with Crippen molar-refractivity contribution in [2.24, 2.45) is 0 Å². The van der Waals surface area contributed by atoms with Gasteiger partial charge in [-0.3, -0.25) is 5.41 Å². The molecule has 4 N–H and O–H groups in total. The van der Waals surface area contributed by atoms with E-state index in [9.17, 15) is 9.90 Å². The fourth-order valence-corrected chi connectivity index (χ4v) is 4.12. The molecule has 2 amide bonds. The SMILES string of the molecule is CNC(=O)NC(C)Cc1cc(OC)c(OC)cc1C(=N)c1ccc(N2CCC(O)CC2)cc1. The van der Waals surface area contributed by atoms with Gasteiger partial charge in [-0.25, -0.2) is 4.79 Å². The number of anilines is 1. The predicted octanol–water partition coefficient (Wildman–Crippen LogP) is 2.94. The highest BCUT2D eigenvalue weighted by molar-refractivity contribution is 6.12. The van der Waals surface area contributed by atoms with E-state index < -0.39 is 0 Å². The Kier molecular flexibility index (Phi) is 8.16. The Labute approximate surface area is 195 Å². The van der Waals surface area contributed by atoms with Crippen molar-refractivity contribution in [3.05, 3.63) is 53.1 Å². The molecule has 0 spiro atoms. The van der Waals surface area contributed by atoms with Crippen molar-refractivity contribution in [1.82, 2.24) is 10.6 Å². The van der Waals surface area contributed by atoms with Gasteiger partial charge in [0, 0.05) is 43.0 Å². The first kappa shape index (κ1) is 24.4. The van der Waals surface area contributed by atoms with Crippen LogP contribution in [0.25, 0.3) is 0 Å². The Balaban J connectivity index is 1.87. The lowest BCUT2D eigenvalue weighted by molar-refractivity contribution is 0.145. The first-order valence-electron chi connectivity index (χ1n) is 11.2. The predicted molar refractivity (Wildman–Crippen MR) is 130 cm³/mol. The summed E-state index contributed by atoms with van der Waals surface area (Å²) in [6.07, 6.45) is 1.86. The van der Waals surface area contributed by atoms with E-state index in [-0.39, 0.29) is 18.2 Å². The molecular formula is C25H34N4O4. The van der Waals surface area contributed by atoms with Crippen molar-refractivity contribution in [3.63, 3.8) is 0 Å². The summed E-state index contributed by atoms with van der Waals surface area (Å²) >= 11 is 0. The van der Waals surface area contributed by atoms with Crippen LogP contribution in [0.5, 0.6) is 11.5 Å². The smallest absolute Gasteiger partial charge is 0.314 e. The van der Waals surface area contributed by atoms with Gasteiger partial charge in [0.1, 0.15) is 0 Å². The molecule has 1 heterocycles. The second kappa shape index (κ2) is 11.0. The maximum absolute atomic E-state index is 11.7. The van der Waals surface area contributed by atoms with Crippen LogP contribution in [-0.2, 0) is 6.42 Å². The summed E-state index contributed by atoms with van der Waals surface area (Å²) < 4.78 is 11.0. The number of nitrogens with zero attached hydrogens (tertiary/aromatic N) is 1. The number of carbonyl (C=O) groups is 1. The lowest BCUT2D eigenvalue weighted by atomic mass is 9.93. The van der Waals surface area contributed by atoms with Crippen LogP contribution in [-0.4, -0.2) is 63.4 Å². The summed E-state index contributed by atoms with van der Waals surface area (Å²) in [5.41, 5.74) is 3.87. The number of aliphatic hydroxyl groups is 1. The average molecular weight is 455 g/mol. The fourth-order valence-electron chi connectivity index (χ4n) is 4.12. The second-order valence-electron chi connectivity index (χ2n) is 8.33. The second-order valence-corrected chi connectivity index (χ2v) is 8.33. The van der Waals surface area contributed by atoms with E-state index in [0.29, 0.717) is 23.6 Å². The van der Waals surface area contributed by atoms with Crippen LogP contribution < -0.4 is 25.0 Å². The molecule has 178 valence electrons. The number of nitrogens with one attached hydrogen (secondary N) is 3. The normalized spacial score (nSPS) is 15.0. The summed E-state index contributed by atoms with van der Waals surface area (Å²) in [4.78, 5) is 14.0. The fraction of sp³-hybridized carbons (Fsp3) is 0.440. The van der Waals surface area contributed by atoms with Gasteiger partial charge in [-0.15, -0.1) is 0 Å². The minimum Gasteiger partial charge on any atom is -0.493 e. The number of benzene rings is 2. The van der Waals surface area contributed by atoms with E-state index in [2.05, 4.69) is 15.5 Å². The molecular weight excluding hydrogens is 420 g/mol. The van der Waals surface area contributed by atoms with E-state index in [1.807, 2.05) is 43.3 Å². The molecule has 1 saturated heterocycles. The maximum Gasteiger partial charge on any atom is 0.314 e. The standard InChI is InChI=1S/C25H34N4O4/c1-16(28-25(31)27-2)13-18-14-22(32-3)23(33-4)15-21(18)24(26)17-5-7-19(8-6-17)29-11-9-20(30)10-12-29/h5-8,14-16,20,26,30H,9-13H2,1-4H3,(H2,27,28,31). The number of amides is 2. The zero-order valence-electron chi connectivity index (χ0n) is 19.8. The molecule has 3 rings (SSSR count). The maximum atomic E-state index is 11.7. The van der Waals surface area contributed by atoms with Crippen molar-refractivity contribution >= 4 is 17.4 Å².